The highest BCUT2D eigenvalue weighted by atomic mass is 32.2. The molecule has 0 unspecified atom stereocenters. The first kappa shape index (κ1) is 8.01. The van der Waals surface area contributed by atoms with Crippen molar-refractivity contribution in [3.63, 3.8) is 0 Å². The van der Waals surface area contributed by atoms with Crippen molar-refractivity contribution in [2.24, 2.45) is 0 Å². The first-order valence-corrected chi connectivity index (χ1v) is 3.31. The van der Waals surface area contributed by atoms with Crippen molar-refractivity contribution in [3.05, 3.63) is 6.92 Å². The zero-order valence-corrected chi connectivity index (χ0v) is 5.55. The molecule has 0 fully saturated rings. The summed E-state index contributed by atoms with van der Waals surface area (Å²) in [6.07, 6.45) is 0. The summed E-state index contributed by atoms with van der Waals surface area (Å²) in [5.74, 6) is 0. The smallest absolute Gasteiger partial charge is 0.279 e. The second kappa shape index (κ2) is 3.95. The van der Waals surface area contributed by atoms with Crippen LogP contribution in [-0.4, -0.2) is 17.0 Å². The fourth-order valence-electron chi connectivity index (χ4n) is 0.325. The van der Waals surface area contributed by atoms with E-state index in [4.69, 9.17) is 0 Å². The van der Waals surface area contributed by atoms with E-state index >= 15 is 0 Å². The van der Waals surface area contributed by atoms with Crippen molar-refractivity contribution < 1.29 is 11.7 Å². The lowest BCUT2D eigenvalue weighted by molar-refractivity contribution is -0.493. The van der Waals surface area contributed by atoms with Gasteiger partial charge in [-0.25, -0.2) is 0 Å². The van der Waals surface area contributed by atoms with Crippen molar-refractivity contribution >= 4 is 11.5 Å². The number of rotatable bonds is 2. The van der Waals surface area contributed by atoms with Gasteiger partial charge in [0.05, 0.1) is 0 Å². The van der Waals surface area contributed by atoms with Crippen LogP contribution in [-0.2, 0) is 11.5 Å². The van der Waals surface area contributed by atoms with Gasteiger partial charge in [0.25, 0.3) is 0 Å². The van der Waals surface area contributed by atoms with Gasteiger partial charge in [0.15, 0.2) is 0 Å². The first-order valence-electron chi connectivity index (χ1n) is 2.33. The van der Waals surface area contributed by atoms with Gasteiger partial charge in [-0.2, -0.15) is 3.95 Å². The van der Waals surface area contributed by atoms with Crippen molar-refractivity contribution in [3.8, 4) is 0 Å². The Kier molecular flexibility index (Phi) is 3.95. The van der Waals surface area contributed by atoms with Crippen molar-refractivity contribution in [2.75, 3.05) is 13.1 Å². The minimum absolute atomic E-state index is 0.187. The third-order valence-corrected chi connectivity index (χ3v) is 1.63. The van der Waals surface area contributed by atoms with Gasteiger partial charge in [0.2, 0.25) is 0 Å². The van der Waals surface area contributed by atoms with E-state index in [1.165, 1.54) is 0 Å². The molecule has 4 heteroatoms. The molecule has 0 amide bonds. The van der Waals surface area contributed by atoms with Crippen LogP contribution in [0.3, 0.4) is 0 Å². The second-order valence-corrected chi connectivity index (χ2v) is 2.13. The predicted molar refractivity (Wildman–Crippen MR) is 30.6 cm³/mol. The lowest BCUT2D eigenvalue weighted by Gasteiger charge is -1.94. The molecule has 0 N–H and O–H groups in total. The molecule has 0 aromatic rings. The zero-order chi connectivity index (χ0) is 6.57. The van der Waals surface area contributed by atoms with E-state index < -0.39 is 11.5 Å². The maximum Gasteiger partial charge on any atom is 0.421 e. The molecule has 0 saturated carbocycles. The minimum Gasteiger partial charge on any atom is -0.279 e. The van der Waals surface area contributed by atoms with E-state index in [0.29, 0.717) is 6.54 Å². The van der Waals surface area contributed by atoms with E-state index in [2.05, 4.69) is 6.92 Å². The molecule has 0 saturated heterocycles. The van der Waals surface area contributed by atoms with E-state index in [-0.39, 0.29) is 6.54 Å². The van der Waals surface area contributed by atoms with Crippen LogP contribution in [0.2, 0.25) is 0 Å². The molecule has 50 valence electrons. The summed E-state index contributed by atoms with van der Waals surface area (Å²) in [6, 6.07) is 0. The molecule has 0 radical (unpaired) electrons. The lowest BCUT2D eigenvalue weighted by Crippen LogP contribution is -2.10. The molecule has 0 aliphatic rings. The van der Waals surface area contributed by atoms with E-state index in [1.54, 1.807) is 6.92 Å². The van der Waals surface area contributed by atoms with Crippen molar-refractivity contribution in [1.82, 2.24) is 0 Å². The Bertz CT molecular complexity index is 92.2. The Morgan fingerprint density at radius 1 is 1.62 bits per heavy atom. The van der Waals surface area contributed by atoms with Gasteiger partial charge < -0.3 is 0 Å². The molecule has 0 bridgehead atoms. The van der Waals surface area contributed by atoms with Gasteiger partial charge in [0.1, 0.15) is 6.54 Å². The molecule has 0 atom stereocenters. The summed E-state index contributed by atoms with van der Waals surface area (Å²) in [4.78, 5) is 0. The summed E-state index contributed by atoms with van der Waals surface area (Å²) < 4.78 is 24.2. The Labute approximate surface area is 51.0 Å². The Morgan fingerprint density at radius 3 is 2.12 bits per heavy atom. The monoisotopic (exact) mass is 141 g/mol. The zero-order valence-electron chi connectivity index (χ0n) is 4.73. The third kappa shape index (κ3) is 2.35. The maximum absolute atomic E-state index is 11.6. The van der Waals surface area contributed by atoms with Gasteiger partial charge in [-0.15, -0.1) is 0 Å². The molecule has 0 spiro atoms. The Balaban J connectivity index is 3.86. The van der Waals surface area contributed by atoms with E-state index in [9.17, 15) is 7.77 Å². The van der Waals surface area contributed by atoms with Crippen LogP contribution in [0.4, 0.5) is 7.77 Å². The third-order valence-electron chi connectivity index (χ3n) is 0.797. The van der Waals surface area contributed by atoms with E-state index in [0.717, 1.165) is 3.95 Å². The number of hydrogen-bond donors (Lipinski definition) is 0. The summed E-state index contributed by atoms with van der Waals surface area (Å²) in [7, 11) is 0. The molecular weight excluding hydrogens is 132 g/mol. The highest BCUT2D eigenvalue weighted by molar-refractivity contribution is 7.74. The molecule has 1 nitrogen and oxygen atoms in total. The van der Waals surface area contributed by atoms with Gasteiger partial charge in [0, 0.05) is 6.54 Å². The second-order valence-electron chi connectivity index (χ2n) is 1.22. The summed E-state index contributed by atoms with van der Waals surface area (Å²) in [6.45, 7) is 5.58. The van der Waals surface area contributed by atoms with Crippen LogP contribution in [0.5, 0.6) is 0 Å². The van der Waals surface area contributed by atoms with Crippen molar-refractivity contribution in [2.45, 2.75) is 6.92 Å². The van der Waals surface area contributed by atoms with Crippen LogP contribution in [0.1, 0.15) is 6.92 Å². The first-order chi connectivity index (χ1) is 3.72. The molecule has 0 heterocycles. The Hall–Kier alpha value is 0.01000. The van der Waals surface area contributed by atoms with Gasteiger partial charge in [-0.05, 0) is 6.92 Å². The van der Waals surface area contributed by atoms with Gasteiger partial charge in [-0.3, -0.25) is 6.92 Å². The molecule has 0 aromatic heterocycles. The fourth-order valence-corrected chi connectivity index (χ4v) is 0.658. The number of nitrogens with zero attached hydrogens (tertiary/aromatic N) is 1. The topological polar surface area (TPSA) is 3.01 Å². The largest absolute Gasteiger partial charge is 0.421 e. The average Bonchev–Trinajstić information content (AvgIpc) is 1.69. The molecule has 8 heavy (non-hydrogen) atoms. The summed E-state index contributed by atoms with van der Waals surface area (Å²) >= 11 is -2.58. The fraction of sp³-hybridized carbons (Fsp3) is 0.750. The molecular formula is C4H9F2NS. The SMILES string of the molecule is [CH2-]C[N+](CC)=S(F)F. The van der Waals surface area contributed by atoms with Crippen LogP contribution in [0.15, 0.2) is 0 Å². The van der Waals surface area contributed by atoms with Crippen LogP contribution in [0.25, 0.3) is 0 Å². The van der Waals surface area contributed by atoms with E-state index in [1.807, 2.05) is 0 Å². The minimum atomic E-state index is -2.58. The quantitative estimate of drug-likeness (QED) is 0.404. The molecule has 0 aliphatic carbocycles. The summed E-state index contributed by atoms with van der Waals surface area (Å²) in [5.41, 5.74) is 0. The normalized spacial score (nSPS) is 10.1. The number of hydrogen-bond acceptors (Lipinski definition) is 0. The Morgan fingerprint density at radius 2 is 2.12 bits per heavy atom. The predicted octanol–water partition coefficient (Wildman–Crippen LogP) is 1.42. The van der Waals surface area contributed by atoms with Gasteiger partial charge in [-0.1, -0.05) is 7.77 Å². The standard InChI is InChI=1S/C4H9F2NS/c1-3-7(4-2)8(5)6/h1,3-4H2,2H3. The number of halogens is 2. The highest BCUT2D eigenvalue weighted by Crippen LogP contribution is 1.90. The lowest BCUT2D eigenvalue weighted by atomic mass is 10.7. The average molecular weight is 141 g/mol. The molecule has 0 aromatic carbocycles. The maximum atomic E-state index is 11.6. The molecule has 0 aliphatic heterocycles. The van der Waals surface area contributed by atoms with Crippen molar-refractivity contribution in [1.29, 1.82) is 0 Å². The summed E-state index contributed by atoms with van der Waals surface area (Å²) in [5, 5.41) is 0. The highest BCUT2D eigenvalue weighted by Gasteiger charge is 2.01. The molecule has 0 rings (SSSR count). The van der Waals surface area contributed by atoms with Gasteiger partial charge >= 0.3 is 11.5 Å². The van der Waals surface area contributed by atoms with Crippen LogP contribution < -0.4 is 0 Å². The van der Waals surface area contributed by atoms with Crippen LogP contribution in [0, 0.1) is 6.92 Å². The van der Waals surface area contributed by atoms with Crippen LogP contribution >= 0.6 is 0 Å².